The molecule has 1 saturated carbocycles. The summed E-state index contributed by atoms with van der Waals surface area (Å²) >= 11 is 0. The van der Waals surface area contributed by atoms with Gasteiger partial charge in [0.1, 0.15) is 11.2 Å². The summed E-state index contributed by atoms with van der Waals surface area (Å²) in [6.45, 7) is 9.54. The van der Waals surface area contributed by atoms with Crippen molar-refractivity contribution in [3.05, 3.63) is 82.6 Å². The molecule has 6 heterocycles. The van der Waals surface area contributed by atoms with E-state index in [0.29, 0.717) is 43.7 Å². The van der Waals surface area contributed by atoms with Gasteiger partial charge in [-0.1, -0.05) is 55.8 Å². The van der Waals surface area contributed by atoms with Crippen molar-refractivity contribution in [3.8, 4) is 5.75 Å². The summed E-state index contributed by atoms with van der Waals surface area (Å²) in [6, 6.07) is 11.3. The molecule has 58 heavy (non-hydrogen) atoms. The van der Waals surface area contributed by atoms with E-state index < -0.39 is 45.9 Å². The second-order valence-electron chi connectivity index (χ2n) is 17.6. The fourth-order valence-corrected chi connectivity index (χ4v) is 13.1. The van der Waals surface area contributed by atoms with Gasteiger partial charge in [-0.15, -0.1) is 0 Å². The maximum absolute atomic E-state index is 15.3. The number of likely N-dealkylation sites (N-methyl/N-ethyl adjacent to an activating group) is 2. The summed E-state index contributed by atoms with van der Waals surface area (Å²) in [5.41, 5.74) is 1.41. The molecule has 9 atom stereocenters. The Kier molecular flexibility index (Phi) is 9.18. The monoisotopic (exact) mass is 791 g/mol. The van der Waals surface area contributed by atoms with Gasteiger partial charge < -0.3 is 34.5 Å². The third-order valence-electron chi connectivity index (χ3n) is 15.1. The van der Waals surface area contributed by atoms with Gasteiger partial charge in [-0.05, 0) is 67.8 Å². The van der Waals surface area contributed by atoms with E-state index in [2.05, 4.69) is 63.5 Å². The minimum Gasteiger partial charge on any atom is -0.496 e. The van der Waals surface area contributed by atoms with Crippen molar-refractivity contribution in [1.29, 1.82) is 0 Å². The average Bonchev–Trinajstić information content (AvgIpc) is 3.89. The molecule has 3 N–H and O–H groups in total. The number of benzene rings is 2. The van der Waals surface area contributed by atoms with Crippen molar-refractivity contribution in [3.63, 3.8) is 0 Å². The first-order chi connectivity index (χ1) is 27.9. The summed E-state index contributed by atoms with van der Waals surface area (Å²) < 4.78 is 18.6. The minimum atomic E-state index is -2.17. The molecular weight excluding hydrogens is 735 g/mol. The van der Waals surface area contributed by atoms with Crippen molar-refractivity contribution in [2.24, 2.45) is 11.3 Å². The Morgan fingerprint density at radius 3 is 2.57 bits per heavy atom. The van der Waals surface area contributed by atoms with Crippen LogP contribution in [0.2, 0.25) is 0 Å². The molecule has 6 aliphatic rings. The topological polar surface area (TPSA) is 137 Å². The zero-order chi connectivity index (χ0) is 40.9. The number of carbonyl (C=O) groups excluding carboxylic acids is 3. The van der Waals surface area contributed by atoms with Gasteiger partial charge in [0, 0.05) is 98.0 Å². The number of hydrogen-bond donors (Lipinski definition) is 3. The molecule has 0 radical (unpaired) electrons. The molecule has 9 unspecified atom stereocenters. The maximum Gasteiger partial charge on any atom is 0.322 e. The van der Waals surface area contributed by atoms with Crippen LogP contribution in [0.5, 0.6) is 5.75 Å². The number of nitrogens with zero attached hydrogens (tertiary/aromatic N) is 3. The first-order valence-electron chi connectivity index (χ1n) is 21.0. The molecule has 3 aromatic rings. The van der Waals surface area contributed by atoms with E-state index in [1.54, 1.807) is 7.11 Å². The van der Waals surface area contributed by atoms with Crippen LogP contribution >= 0.6 is 0 Å². The van der Waals surface area contributed by atoms with Gasteiger partial charge in [-0.25, -0.2) is 0 Å². The molecule has 2 fully saturated rings. The highest BCUT2D eigenvalue weighted by atomic mass is 16.6. The highest BCUT2D eigenvalue weighted by Crippen LogP contribution is 2.68. The first kappa shape index (κ1) is 38.8. The molecule has 12 nitrogen and oxygen atoms in total. The highest BCUT2D eigenvalue weighted by molar-refractivity contribution is 5.95. The number of hydrogen-bond acceptors (Lipinski definition) is 10. The van der Waals surface area contributed by atoms with Gasteiger partial charge in [0.15, 0.2) is 6.10 Å². The summed E-state index contributed by atoms with van der Waals surface area (Å²) in [7, 11) is 6.54. The van der Waals surface area contributed by atoms with Gasteiger partial charge in [0.25, 0.3) is 5.91 Å². The lowest BCUT2D eigenvalue weighted by Gasteiger charge is -2.63. The van der Waals surface area contributed by atoms with Crippen LogP contribution in [0.15, 0.2) is 60.2 Å². The van der Waals surface area contributed by atoms with Crippen molar-refractivity contribution >= 4 is 34.4 Å². The van der Waals surface area contributed by atoms with E-state index in [1.807, 2.05) is 37.1 Å². The lowest BCUT2D eigenvalue weighted by atomic mass is 9.47. The van der Waals surface area contributed by atoms with Crippen molar-refractivity contribution in [1.82, 2.24) is 20.1 Å². The number of H-pyrrole nitrogens is 1. The summed E-state index contributed by atoms with van der Waals surface area (Å²) in [5, 5.41) is 17.2. The molecule has 9 rings (SSSR count). The molecule has 1 aromatic heterocycles. The molecule has 5 aliphatic heterocycles. The van der Waals surface area contributed by atoms with Crippen molar-refractivity contribution in [2.75, 3.05) is 65.9 Å². The van der Waals surface area contributed by atoms with Gasteiger partial charge in [0.2, 0.25) is 5.60 Å². The van der Waals surface area contributed by atoms with Crippen LogP contribution in [-0.2, 0) is 41.1 Å². The molecule has 2 aromatic carbocycles. The number of aromatic amines is 1. The fourth-order valence-electron chi connectivity index (χ4n) is 13.1. The van der Waals surface area contributed by atoms with E-state index in [9.17, 15) is 14.7 Å². The van der Waals surface area contributed by atoms with Gasteiger partial charge in [0.05, 0.1) is 20.3 Å². The number of methoxy groups -OCH3 is 2. The van der Waals surface area contributed by atoms with E-state index in [0.717, 1.165) is 65.9 Å². The van der Waals surface area contributed by atoms with E-state index in [1.165, 1.54) is 26.7 Å². The van der Waals surface area contributed by atoms with Gasteiger partial charge in [-0.2, -0.15) is 0 Å². The molecule has 308 valence electrons. The lowest BCUT2D eigenvalue weighted by molar-refractivity contribution is -0.217. The van der Waals surface area contributed by atoms with Crippen LogP contribution in [0.25, 0.3) is 10.9 Å². The quantitative estimate of drug-likeness (QED) is 0.234. The number of esters is 2. The average molecular weight is 792 g/mol. The molecule has 1 spiro atoms. The zero-order valence-corrected chi connectivity index (χ0v) is 34.8. The number of amides is 1. The number of ether oxygens (including phenoxy) is 3. The third kappa shape index (κ3) is 4.94. The Balaban J connectivity index is 1.37. The summed E-state index contributed by atoms with van der Waals surface area (Å²) in [4.78, 5) is 53.6. The second-order valence-corrected chi connectivity index (χ2v) is 17.6. The second kappa shape index (κ2) is 13.7. The van der Waals surface area contributed by atoms with Crippen molar-refractivity contribution < 1.29 is 33.7 Å². The smallest absolute Gasteiger partial charge is 0.322 e. The number of aliphatic hydroxyl groups is 1. The maximum atomic E-state index is 15.3. The number of anilines is 1. The molecule has 1 saturated heterocycles. The number of nitrogens with one attached hydrogen (secondary N) is 2. The third-order valence-corrected chi connectivity index (χ3v) is 15.1. The van der Waals surface area contributed by atoms with Crippen LogP contribution in [-0.4, -0.2) is 123 Å². The normalized spacial score (nSPS) is 34.7. The first-order valence-corrected chi connectivity index (χ1v) is 21.0. The summed E-state index contributed by atoms with van der Waals surface area (Å²) in [6.07, 6.45) is 8.63. The fraction of sp³-hybridized carbons (Fsp3) is 0.543. The molecule has 12 heteroatoms. The zero-order valence-electron chi connectivity index (χ0n) is 34.8. The number of fused-ring (bicyclic) bond motifs is 6. The SMILES string of the molecule is CCC1=CC2CN(CCc3c([nH]c4ccccc34)C(C(=O)OC)(c3cc4c(cc3OC)N(C)C3C(O)(C(=O)NC)C(OC(C)=O)C5(CC)C=CCN6CCC43C65)C2)C1. The highest BCUT2D eigenvalue weighted by Gasteiger charge is 2.80. The number of aromatic nitrogens is 1. The Hall–Kier alpha value is -4.65. The summed E-state index contributed by atoms with van der Waals surface area (Å²) in [5.74, 6) is -0.996. The number of rotatable bonds is 7. The van der Waals surface area contributed by atoms with Crippen LogP contribution < -0.4 is 15.0 Å². The van der Waals surface area contributed by atoms with E-state index in [-0.39, 0.29) is 17.9 Å². The Bertz CT molecular complexity index is 2270. The number of para-hydroxylation sites is 1. The molecule has 1 amide bonds. The van der Waals surface area contributed by atoms with Crippen molar-refractivity contribution in [2.45, 2.75) is 87.5 Å². The lowest BCUT2D eigenvalue weighted by Crippen LogP contribution is -2.82. The van der Waals surface area contributed by atoms with Crippen LogP contribution in [0, 0.1) is 11.3 Å². The molecule has 1 aliphatic carbocycles. The van der Waals surface area contributed by atoms with Crippen LogP contribution in [0.3, 0.4) is 0 Å². The van der Waals surface area contributed by atoms with Crippen LogP contribution in [0.1, 0.15) is 68.8 Å². The Morgan fingerprint density at radius 2 is 1.86 bits per heavy atom. The predicted molar refractivity (Wildman–Crippen MR) is 221 cm³/mol. The molecular formula is C46H57N5O7. The van der Waals surface area contributed by atoms with Gasteiger partial charge >= 0.3 is 11.9 Å². The Labute approximate surface area is 340 Å². The molecule has 2 bridgehead atoms. The predicted octanol–water partition coefficient (Wildman–Crippen LogP) is 4.37. The minimum absolute atomic E-state index is 0.0300. The van der Waals surface area contributed by atoms with E-state index in [4.69, 9.17) is 14.2 Å². The Morgan fingerprint density at radius 1 is 1.07 bits per heavy atom. The number of carbonyl (C=O) groups is 3. The van der Waals surface area contributed by atoms with E-state index >= 15 is 4.79 Å². The van der Waals surface area contributed by atoms with Gasteiger partial charge in [-0.3, -0.25) is 24.2 Å². The largest absolute Gasteiger partial charge is 0.496 e. The standard InChI is InChI=1S/C46H57N5O7/c1-8-28-21-29-24-45(42(54)57-7,37-31(15-19-50(25-28)26-29)30-13-10-11-14-34(30)48-37)33-22-32-35(23-36(33)56-6)49(5)39-44(32)17-20-51-18-12-16-43(9-2,38(44)51)40(58-27(3)52)46(39,55)41(53)47-4/h10-14,16,21-23,29,38-40,48,55H,8-9,15,17-20,24-26H2,1-7H3,(H,47,53). The van der Waals surface area contributed by atoms with Crippen LogP contribution in [0.4, 0.5) is 5.69 Å².